The number of aryl methyl sites for hydroxylation is 2. The number of dihydropyridines is 1. The number of halogens is 3. The summed E-state index contributed by atoms with van der Waals surface area (Å²) >= 11 is 6.58. The Bertz CT molecular complexity index is 1770. The molecule has 1 aromatic carbocycles. The molecule has 5 rings (SSSR count). The Morgan fingerprint density at radius 2 is 1.87 bits per heavy atom. The number of aromatic nitrogens is 2. The molecule has 0 bridgehead atoms. The van der Waals surface area contributed by atoms with Gasteiger partial charge in [-0.1, -0.05) is 23.7 Å². The highest BCUT2D eigenvalue weighted by Gasteiger charge is 2.45. The molecule has 1 unspecified atom stereocenters. The molecule has 0 saturated heterocycles. The highest BCUT2D eigenvalue weighted by molar-refractivity contribution is 7.90. The molecule has 3 aromatic rings. The number of rotatable bonds is 5. The minimum atomic E-state index is -3.92. The number of hydrogen-bond donors (Lipinski definition) is 2. The lowest BCUT2D eigenvalue weighted by atomic mass is 9.99. The van der Waals surface area contributed by atoms with Crippen LogP contribution < -0.4 is 10.9 Å². The van der Waals surface area contributed by atoms with E-state index in [2.05, 4.69) is 10.3 Å². The van der Waals surface area contributed by atoms with Gasteiger partial charge in [-0.15, -0.1) is 0 Å². The van der Waals surface area contributed by atoms with Gasteiger partial charge in [0.25, 0.3) is 5.56 Å². The van der Waals surface area contributed by atoms with Gasteiger partial charge in [0.1, 0.15) is 21.8 Å². The molecule has 1 fully saturated rings. The van der Waals surface area contributed by atoms with Gasteiger partial charge >= 0.3 is 0 Å². The predicted molar refractivity (Wildman–Crippen MR) is 145 cm³/mol. The number of hydrogen-bond acceptors (Lipinski definition) is 6. The zero-order chi connectivity index (χ0) is 28.4. The van der Waals surface area contributed by atoms with Crippen molar-refractivity contribution in [3.05, 3.63) is 97.7 Å². The maximum absolute atomic E-state index is 16.0. The lowest BCUT2D eigenvalue weighted by Crippen LogP contribution is -2.30. The van der Waals surface area contributed by atoms with E-state index in [0.717, 1.165) is 28.0 Å². The van der Waals surface area contributed by atoms with Crippen LogP contribution in [0.4, 0.5) is 8.78 Å². The average Bonchev–Trinajstić information content (AvgIpc) is 3.65. The minimum Gasteiger partial charge on any atom is -0.370 e. The lowest BCUT2D eigenvalue weighted by Gasteiger charge is -2.21. The molecule has 1 aliphatic carbocycles. The maximum Gasteiger partial charge on any atom is 0.274 e. The average molecular weight is 574 g/mol. The van der Waals surface area contributed by atoms with Crippen molar-refractivity contribution >= 4 is 21.4 Å². The molecular weight excluding hydrogens is 548 g/mol. The van der Waals surface area contributed by atoms with Crippen molar-refractivity contribution in [3.8, 4) is 16.9 Å². The summed E-state index contributed by atoms with van der Waals surface area (Å²) in [5.41, 5.74) is 1.54. The molecule has 2 N–H and O–H groups in total. The molecule has 2 aliphatic rings. The second kappa shape index (κ2) is 9.69. The van der Waals surface area contributed by atoms with Crippen molar-refractivity contribution in [1.29, 1.82) is 0 Å². The number of allylic oxidation sites excluding steroid dienone is 2. The lowest BCUT2D eigenvalue weighted by molar-refractivity contribution is 0.181. The SMILES string of the molecule is CC1=CNC(O)C([C@H]2C[C@@H]2c2cc(C)n(-c3c(C)cnc(-c4cccc(S(C)(=O)=O)c4F)c3F)c(=O)c2Cl)=C1. The van der Waals surface area contributed by atoms with Gasteiger partial charge in [0.2, 0.25) is 0 Å². The monoisotopic (exact) mass is 573 g/mol. The predicted octanol–water partition coefficient (Wildman–Crippen LogP) is 4.71. The summed E-state index contributed by atoms with van der Waals surface area (Å²) in [4.78, 5) is 17.0. The molecule has 39 heavy (non-hydrogen) atoms. The van der Waals surface area contributed by atoms with Gasteiger partial charge in [0.15, 0.2) is 21.5 Å². The minimum absolute atomic E-state index is 0.000559. The van der Waals surface area contributed by atoms with Crippen molar-refractivity contribution in [3.63, 3.8) is 0 Å². The number of pyridine rings is 2. The van der Waals surface area contributed by atoms with Crippen LogP contribution in [0, 0.1) is 31.4 Å². The quantitative estimate of drug-likeness (QED) is 0.459. The van der Waals surface area contributed by atoms with Gasteiger partial charge in [0, 0.05) is 29.9 Å². The smallest absolute Gasteiger partial charge is 0.274 e. The fraction of sp³-hybridized carbons (Fsp3) is 0.286. The molecule has 11 heteroatoms. The zero-order valence-electron chi connectivity index (χ0n) is 21.6. The topological polar surface area (TPSA) is 101 Å². The first kappa shape index (κ1) is 27.2. The van der Waals surface area contributed by atoms with Gasteiger partial charge in [-0.2, -0.15) is 0 Å². The molecule has 0 spiro atoms. The highest BCUT2D eigenvalue weighted by atomic mass is 35.5. The first-order valence-corrected chi connectivity index (χ1v) is 14.5. The van der Waals surface area contributed by atoms with Crippen molar-refractivity contribution < 1.29 is 22.3 Å². The van der Waals surface area contributed by atoms with Crippen LogP contribution in [0.3, 0.4) is 0 Å². The van der Waals surface area contributed by atoms with Crippen LogP contribution >= 0.6 is 11.6 Å². The fourth-order valence-electron chi connectivity index (χ4n) is 5.20. The summed E-state index contributed by atoms with van der Waals surface area (Å²) < 4.78 is 56.3. The largest absolute Gasteiger partial charge is 0.370 e. The molecule has 0 radical (unpaired) electrons. The van der Waals surface area contributed by atoms with E-state index >= 15 is 8.78 Å². The van der Waals surface area contributed by atoms with Crippen molar-refractivity contribution in [2.75, 3.05) is 6.26 Å². The molecule has 3 heterocycles. The van der Waals surface area contributed by atoms with Gasteiger partial charge in [-0.3, -0.25) is 14.3 Å². The Balaban J connectivity index is 1.60. The van der Waals surface area contributed by atoms with E-state index in [4.69, 9.17) is 11.6 Å². The third kappa shape index (κ3) is 4.70. The summed E-state index contributed by atoms with van der Waals surface area (Å²) in [7, 11) is -3.92. The summed E-state index contributed by atoms with van der Waals surface area (Å²) in [6.45, 7) is 5.12. The van der Waals surface area contributed by atoms with Gasteiger partial charge in [0.05, 0.1) is 5.69 Å². The van der Waals surface area contributed by atoms with E-state index in [1.54, 1.807) is 26.1 Å². The van der Waals surface area contributed by atoms with E-state index < -0.39 is 43.8 Å². The van der Waals surface area contributed by atoms with Gasteiger partial charge < -0.3 is 10.4 Å². The summed E-state index contributed by atoms with van der Waals surface area (Å²) in [5, 5.41) is 13.2. The van der Waals surface area contributed by atoms with Crippen LogP contribution in [-0.2, 0) is 9.84 Å². The van der Waals surface area contributed by atoms with Crippen molar-refractivity contribution in [2.45, 2.75) is 44.2 Å². The first-order chi connectivity index (χ1) is 18.3. The molecule has 1 aliphatic heterocycles. The number of nitrogens with zero attached hydrogens (tertiary/aromatic N) is 2. The molecule has 2 aromatic heterocycles. The number of benzene rings is 1. The van der Waals surface area contributed by atoms with E-state index in [0.29, 0.717) is 23.2 Å². The van der Waals surface area contributed by atoms with E-state index in [1.807, 2.05) is 13.0 Å². The Labute approximate surface area is 229 Å². The van der Waals surface area contributed by atoms with E-state index in [9.17, 15) is 18.3 Å². The number of aliphatic hydroxyl groups is 1. The van der Waals surface area contributed by atoms with E-state index in [1.165, 1.54) is 18.3 Å². The molecule has 204 valence electrons. The van der Waals surface area contributed by atoms with Gasteiger partial charge in [-0.05, 0) is 79.5 Å². The third-order valence-electron chi connectivity index (χ3n) is 7.18. The second-order valence-corrected chi connectivity index (χ2v) is 12.5. The summed E-state index contributed by atoms with van der Waals surface area (Å²) in [6.07, 6.45) is 5.68. The Kier molecular flexibility index (Phi) is 6.77. The standard InChI is InChI=1S/C28H26ClF2N3O4S/c1-13-8-20(27(35)33-11-13)18-10-17(18)19-9-15(3)34(28(36)22(19)29)26-14(2)12-32-25(24(26)31)16-6-5-7-21(23(16)30)39(4,37)38/h5-9,11-12,17-18,27,33,35H,10H2,1-4H3/t17-,18-,27?/m0/s1. The number of aliphatic hydroxyl groups excluding tert-OH is 1. The van der Waals surface area contributed by atoms with Crippen LogP contribution in [-0.4, -0.2) is 35.6 Å². The normalized spacial score (nSPS) is 20.8. The Morgan fingerprint density at radius 1 is 1.15 bits per heavy atom. The molecule has 3 atom stereocenters. The molecular formula is C28H26ClF2N3O4S. The highest BCUT2D eigenvalue weighted by Crippen LogP contribution is 2.54. The zero-order valence-corrected chi connectivity index (χ0v) is 23.2. The van der Waals surface area contributed by atoms with Crippen LogP contribution in [0.15, 0.2) is 63.6 Å². The number of nitrogens with one attached hydrogen (secondary N) is 1. The molecule has 0 amide bonds. The number of sulfone groups is 1. The molecule has 1 saturated carbocycles. The Morgan fingerprint density at radius 3 is 2.56 bits per heavy atom. The Hall–Kier alpha value is -3.34. The van der Waals surface area contributed by atoms with Gasteiger partial charge in [-0.25, -0.2) is 17.2 Å². The summed E-state index contributed by atoms with van der Waals surface area (Å²) in [6, 6.07) is 5.35. The molecule has 7 nitrogen and oxygen atoms in total. The van der Waals surface area contributed by atoms with Crippen molar-refractivity contribution in [2.24, 2.45) is 5.92 Å². The van der Waals surface area contributed by atoms with Crippen molar-refractivity contribution in [1.82, 2.24) is 14.9 Å². The van der Waals surface area contributed by atoms with Crippen LogP contribution in [0.1, 0.15) is 36.1 Å². The first-order valence-electron chi connectivity index (χ1n) is 12.2. The second-order valence-electron chi connectivity index (χ2n) is 10.1. The summed E-state index contributed by atoms with van der Waals surface area (Å²) in [5.74, 6) is -2.20. The van der Waals surface area contributed by atoms with E-state index in [-0.39, 0.29) is 28.1 Å². The van der Waals surface area contributed by atoms with Crippen LogP contribution in [0.25, 0.3) is 16.9 Å². The van der Waals surface area contributed by atoms with Crippen LogP contribution in [0.2, 0.25) is 5.02 Å². The maximum atomic E-state index is 16.0. The fourth-order valence-corrected chi connectivity index (χ4v) is 6.24. The third-order valence-corrected chi connectivity index (χ3v) is 8.67. The van der Waals surface area contributed by atoms with Crippen LogP contribution in [0.5, 0.6) is 0 Å².